The highest BCUT2D eigenvalue weighted by Gasteiger charge is 2.30. The van der Waals surface area contributed by atoms with Gasteiger partial charge in [-0.25, -0.2) is 4.79 Å². The number of alkyl halides is 3. The van der Waals surface area contributed by atoms with Crippen LogP contribution in [0.4, 0.5) is 23.7 Å². The molecule has 0 aliphatic carbocycles. The van der Waals surface area contributed by atoms with Gasteiger partial charge < -0.3 is 15.7 Å². The van der Waals surface area contributed by atoms with Crippen LogP contribution in [-0.4, -0.2) is 23.7 Å². The minimum absolute atomic E-state index is 0.00695. The topological polar surface area (TPSA) is 78.4 Å². The maximum Gasteiger partial charge on any atom is 0.416 e. The molecule has 0 heterocycles. The molecule has 110 valence electrons. The summed E-state index contributed by atoms with van der Waals surface area (Å²) in [6, 6.07) is 1.72. The van der Waals surface area contributed by atoms with Crippen molar-refractivity contribution < 1.29 is 27.9 Å². The normalized spacial score (nSPS) is 11.0. The van der Waals surface area contributed by atoms with Crippen LogP contribution in [0.2, 0.25) is 5.02 Å². The molecule has 0 aromatic heterocycles. The van der Waals surface area contributed by atoms with Crippen molar-refractivity contribution in [1.82, 2.24) is 5.32 Å². The number of rotatable bonds is 4. The summed E-state index contributed by atoms with van der Waals surface area (Å²) in [4.78, 5) is 21.6. The molecule has 0 aliphatic heterocycles. The predicted octanol–water partition coefficient (Wildman–Crippen LogP) is 2.96. The van der Waals surface area contributed by atoms with Crippen molar-refractivity contribution in [3.63, 3.8) is 0 Å². The van der Waals surface area contributed by atoms with Crippen LogP contribution in [0.3, 0.4) is 0 Å². The standard InChI is InChI=1S/C11H10ClF3N2O3/c12-7-5-6(11(13,14)15)1-2-8(7)17-10(20)16-4-3-9(18)19/h1-2,5H,3-4H2,(H,18,19)(H2,16,17,20). The summed E-state index contributed by atoms with van der Waals surface area (Å²) < 4.78 is 37.2. The van der Waals surface area contributed by atoms with E-state index in [-0.39, 0.29) is 23.7 Å². The van der Waals surface area contributed by atoms with Gasteiger partial charge >= 0.3 is 18.2 Å². The minimum atomic E-state index is -4.52. The molecule has 0 saturated heterocycles. The molecule has 20 heavy (non-hydrogen) atoms. The van der Waals surface area contributed by atoms with Crippen LogP contribution < -0.4 is 10.6 Å². The van der Waals surface area contributed by atoms with Gasteiger partial charge in [0.25, 0.3) is 0 Å². The number of benzene rings is 1. The Labute approximate surface area is 116 Å². The van der Waals surface area contributed by atoms with E-state index in [4.69, 9.17) is 16.7 Å². The van der Waals surface area contributed by atoms with Crippen molar-refractivity contribution in [2.45, 2.75) is 12.6 Å². The first-order valence-electron chi connectivity index (χ1n) is 5.33. The Kier molecular flexibility index (Phi) is 5.20. The van der Waals surface area contributed by atoms with E-state index >= 15 is 0 Å². The van der Waals surface area contributed by atoms with Crippen molar-refractivity contribution in [2.24, 2.45) is 0 Å². The fourth-order valence-corrected chi connectivity index (χ4v) is 1.47. The third-order valence-corrected chi connectivity index (χ3v) is 2.48. The second-order valence-corrected chi connectivity index (χ2v) is 4.12. The summed E-state index contributed by atoms with van der Waals surface area (Å²) in [5.41, 5.74) is -0.938. The van der Waals surface area contributed by atoms with Crippen molar-refractivity contribution in [1.29, 1.82) is 0 Å². The summed E-state index contributed by atoms with van der Waals surface area (Å²) >= 11 is 5.63. The third kappa shape index (κ3) is 4.96. The number of amides is 2. The molecule has 1 rings (SSSR count). The van der Waals surface area contributed by atoms with Gasteiger partial charge in [0.2, 0.25) is 0 Å². The number of nitrogens with one attached hydrogen (secondary N) is 2. The molecule has 0 fully saturated rings. The van der Waals surface area contributed by atoms with Gasteiger partial charge in [0.05, 0.1) is 22.7 Å². The SMILES string of the molecule is O=C(O)CCNC(=O)Nc1ccc(C(F)(F)F)cc1Cl. The molecule has 1 aromatic carbocycles. The Bertz CT molecular complexity index is 520. The summed E-state index contributed by atoms with van der Waals surface area (Å²) in [6.07, 6.45) is -4.79. The van der Waals surface area contributed by atoms with Gasteiger partial charge in [0.1, 0.15) is 0 Å². The molecule has 0 unspecified atom stereocenters. The van der Waals surface area contributed by atoms with Crippen LogP contribution in [0.1, 0.15) is 12.0 Å². The van der Waals surface area contributed by atoms with Crippen LogP contribution in [-0.2, 0) is 11.0 Å². The number of anilines is 1. The Hall–Kier alpha value is -1.96. The molecule has 0 radical (unpaired) electrons. The number of aliphatic carboxylic acids is 1. The first-order valence-corrected chi connectivity index (χ1v) is 5.71. The summed E-state index contributed by atoms with van der Waals surface area (Å²) in [6.45, 7) is -0.112. The second kappa shape index (κ2) is 6.47. The lowest BCUT2D eigenvalue weighted by Gasteiger charge is -2.11. The third-order valence-electron chi connectivity index (χ3n) is 2.17. The van der Waals surface area contributed by atoms with Gasteiger partial charge in [-0.2, -0.15) is 13.2 Å². The molecule has 5 nitrogen and oxygen atoms in total. The fraction of sp³-hybridized carbons (Fsp3) is 0.273. The summed E-state index contributed by atoms with van der Waals surface area (Å²) in [5, 5.41) is 12.5. The quantitative estimate of drug-likeness (QED) is 0.800. The highest BCUT2D eigenvalue weighted by atomic mass is 35.5. The van der Waals surface area contributed by atoms with Crippen molar-refractivity contribution in [3.05, 3.63) is 28.8 Å². The average molecular weight is 311 g/mol. The van der Waals surface area contributed by atoms with Crippen LogP contribution in [0.25, 0.3) is 0 Å². The Morgan fingerprint density at radius 2 is 1.95 bits per heavy atom. The van der Waals surface area contributed by atoms with Gasteiger partial charge in [-0.05, 0) is 18.2 Å². The Morgan fingerprint density at radius 3 is 2.45 bits per heavy atom. The zero-order valence-electron chi connectivity index (χ0n) is 9.92. The Balaban J connectivity index is 2.65. The lowest BCUT2D eigenvalue weighted by molar-refractivity contribution is -0.138. The fourth-order valence-electron chi connectivity index (χ4n) is 1.24. The number of hydrogen-bond acceptors (Lipinski definition) is 2. The molecule has 0 atom stereocenters. The maximum atomic E-state index is 12.4. The Morgan fingerprint density at radius 1 is 1.30 bits per heavy atom. The zero-order chi connectivity index (χ0) is 15.3. The number of carboxylic acid groups (broad SMARTS) is 1. The highest BCUT2D eigenvalue weighted by molar-refractivity contribution is 6.33. The van der Waals surface area contributed by atoms with Gasteiger partial charge in [-0.1, -0.05) is 11.6 Å². The first-order chi connectivity index (χ1) is 9.20. The molecule has 0 aliphatic rings. The van der Waals surface area contributed by atoms with Gasteiger partial charge in [0, 0.05) is 6.54 Å². The number of carbonyl (C=O) groups excluding carboxylic acids is 1. The number of hydrogen-bond donors (Lipinski definition) is 3. The molecule has 9 heteroatoms. The molecule has 2 amide bonds. The van der Waals surface area contributed by atoms with E-state index in [1.807, 2.05) is 0 Å². The zero-order valence-corrected chi connectivity index (χ0v) is 10.7. The second-order valence-electron chi connectivity index (χ2n) is 3.72. The molecule has 3 N–H and O–H groups in total. The summed E-state index contributed by atoms with van der Waals surface area (Å²) in [7, 11) is 0. The monoisotopic (exact) mass is 310 g/mol. The lowest BCUT2D eigenvalue weighted by atomic mass is 10.2. The van der Waals surface area contributed by atoms with Crippen LogP contribution in [0.5, 0.6) is 0 Å². The number of halogens is 4. The summed E-state index contributed by atoms with van der Waals surface area (Å²) in [5.74, 6) is -1.09. The van der Waals surface area contributed by atoms with Crippen molar-refractivity contribution in [3.8, 4) is 0 Å². The van der Waals surface area contributed by atoms with Crippen LogP contribution >= 0.6 is 11.6 Å². The van der Waals surface area contributed by atoms with Crippen molar-refractivity contribution >= 4 is 29.3 Å². The van der Waals surface area contributed by atoms with E-state index in [9.17, 15) is 22.8 Å². The van der Waals surface area contributed by atoms with E-state index in [0.717, 1.165) is 12.1 Å². The van der Waals surface area contributed by atoms with Crippen LogP contribution in [0.15, 0.2) is 18.2 Å². The smallest absolute Gasteiger partial charge is 0.416 e. The predicted molar refractivity (Wildman–Crippen MR) is 65.7 cm³/mol. The minimum Gasteiger partial charge on any atom is -0.481 e. The maximum absolute atomic E-state index is 12.4. The lowest BCUT2D eigenvalue weighted by Crippen LogP contribution is -2.30. The van der Waals surface area contributed by atoms with E-state index in [0.29, 0.717) is 6.07 Å². The van der Waals surface area contributed by atoms with Gasteiger partial charge in [0.15, 0.2) is 0 Å². The molecule has 0 spiro atoms. The van der Waals surface area contributed by atoms with E-state index in [1.54, 1.807) is 0 Å². The molecule has 1 aromatic rings. The molecule has 0 bridgehead atoms. The van der Waals surface area contributed by atoms with Crippen LogP contribution in [0, 0.1) is 0 Å². The number of urea groups is 1. The molecular weight excluding hydrogens is 301 g/mol. The largest absolute Gasteiger partial charge is 0.481 e. The molecule has 0 saturated carbocycles. The van der Waals surface area contributed by atoms with E-state index < -0.39 is 23.7 Å². The van der Waals surface area contributed by atoms with Gasteiger partial charge in [-0.3, -0.25) is 4.79 Å². The van der Waals surface area contributed by atoms with Crippen molar-refractivity contribution in [2.75, 3.05) is 11.9 Å². The molecular formula is C11H10ClF3N2O3. The first kappa shape index (κ1) is 16.1. The van der Waals surface area contributed by atoms with E-state index in [2.05, 4.69) is 10.6 Å². The highest BCUT2D eigenvalue weighted by Crippen LogP contribution is 2.33. The number of carbonyl (C=O) groups is 2. The van der Waals surface area contributed by atoms with E-state index in [1.165, 1.54) is 0 Å². The number of carboxylic acids is 1. The van der Waals surface area contributed by atoms with Gasteiger partial charge in [-0.15, -0.1) is 0 Å². The average Bonchev–Trinajstić information content (AvgIpc) is 2.29.